The summed E-state index contributed by atoms with van der Waals surface area (Å²) in [5.41, 5.74) is 4.71. The predicted molar refractivity (Wildman–Crippen MR) is 255 cm³/mol. The van der Waals surface area contributed by atoms with Crippen molar-refractivity contribution < 1.29 is 23.8 Å². The van der Waals surface area contributed by atoms with E-state index in [2.05, 4.69) is 80.5 Å². The van der Waals surface area contributed by atoms with Crippen molar-refractivity contribution in [2.24, 2.45) is 0 Å². The lowest BCUT2D eigenvalue weighted by molar-refractivity contribution is -0.112. The Bertz CT molecular complexity index is 2700. The molecule has 1 fully saturated rings. The van der Waals surface area contributed by atoms with E-state index in [0.717, 1.165) is 46.1 Å². The molecule has 0 saturated carbocycles. The predicted octanol–water partition coefficient (Wildman–Crippen LogP) is 10.6. The van der Waals surface area contributed by atoms with Gasteiger partial charge >= 0.3 is 0 Å². The molecular formula is C48H43BrN10O5. The summed E-state index contributed by atoms with van der Waals surface area (Å²) in [6.07, 6.45) is 5.38. The molecule has 0 aliphatic carbocycles. The van der Waals surface area contributed by atoms with E-state index in [1.165, 1.54) is 24.8 Å². The number of amides is 2. The summed E-state index contributed by atoms with van der Waals surface area (Å²) in [7, 11) is 0. The first-order valence-corrected chi connectivity index (χ1v) is 20.7. The van der Waals surface area contributed by atoms with Crippen molar-refractivity contribution in [2.75, 3.05) is 57.8 Å². The van der Waals surface area contributed by atoms with Crippen LogP contribution in [0.25, 0.3) is 0 Å². The SMILES string of the molecule is C=CC(=O)Nc1cc(Nc2cc(Oc3ccc(Oc4ccccc4)cc3)ncn2)ccc1N1CCOCC1.C=CC(=O)Nc1cccc(Nc2cc(Nc3cccc(Br)c3)ncn2)c1. The second-order valence-corrected chi connectivity index (χ2v) is 14.6. The lowest BCUT2D eigenvalue weighted by atomic mass is 10.2. The van der Waals surface area contributed by atoms with E-state index in [-0.39, 0.29) is 11.8 Å². The maximum absolute atomic E-state index is 12.1. The molecule has 2 aromatic heterocycles. The van der Waals surface area contributed by atoms with E-state index in [1.54, 1.807) is 18.2 Å². The van der Waals surface area contributed by atoms with Crippen molar-refractivity contribution >= 4 is 79.3 Å². The van der Waals surface area contributed by atoms with Gasteiger partial charge in [0, 0.05) is 52.4 Å². The molecule has 0 bridgehead atoms. The molecule has 15 nitrogen and oxygen atoms in total. The smallest absolute Gasteiger partial charge is 0.247 e. The maximum Gasteiger partial charge on any atom is 0.247 e. The van der Waals surface area contributed by atoms with E-state index < -0.39 is 0 Å². The Morgan fingerprint density at radius 1 is 0.578 bits per heavy atom. The average Bonchev–Trinajstić information content (AvgIpc) is 3.31. The number of carbonyl (C=O) groups is 2. The summed E-state index contributed by atoms with van der Waals surface area (Å²) in [4.78, 5) is 42.6. The third-order valence-electron chi connectivity index (χ3n) is 9.08. The van der Waals surface area contributed by atoms with Gasteiger partial charge in [0.25, 0.3) is 0 Å². The molecule has 16 heteroatoms. The third-order valence-corrected chi connectivity index (χ3v) is 9.58. The van der Waals surface area contributed by atoms with Gasteiger partial charge in [-0.2, -0.15) is 0 Å². The van der Waals surface area contributed by atoms with Crippen LogP contribution in [-0.2, 0) is 14.3 Å². The zero-order valence-corrected chi connectivity index (χ0v) is 36.0. The Morgan fingerprint density at radius 3 is 1.81 bits per heavy atom. The van der Waals surface area contributed by atoms with Crippen LogP contribution in [0.2, 0.25) is 0 Å². The molecular weight excluding hydrogens is 876 g/mol. The molecule has 1 saturated heterocycles. The second kappa shape index (κ2) is 22.1. The molecule has 0 unspecified atom stereocenters. The fourth-order valence-corrected chi connectivity index (χ4v) is 6.53. The van der Waals surface area contributed by atoms with Crippen molar-refractivity contribution in [3.8, 4) is 23.1 Å². The number of benzene rings is 5. The number of morpholine rings is 1. The Morgan fingerprint density at radius 2 is 1.14 bits per heavy atom. The van der Waals surface area contributed by atoms with E-state index in [9.17, 15) is 9.59 Å². The summed E-state index contributed by atoms with van der Waals surface area (Å²) in [6, 6.07) is 41.2. The number of para-hydroxylation sites is 1. The van der Waals surface area contributed by atoms with Gasteiger partial charge in [0.1, 0.15) is 47.4 Å². The minimum Gasteiger partial charge on any atom is -0.457 e. The number of ether oxygens (including phenoxy) is 3. The topological polar surface area (TPSA) is 177 Å². The van der Waals surface area contributed by atoms with Crippen LogP contribution in [0.4, 0.5) is 51.6 Å². The highest BCUT2D eigenvalue weighted by molar-refractivity contribution is 9.10. The molecule has 5 N–H and O–H groups in total. The minimum absolute atomic E-state index is 0.260. The largest absolute Gasteiger partial charge is 0.457 e. The molecule has 7 aromatic rings. The summed E-state index contributed by atoms with van der Waals surface area (Å²) in [6.45, 7) is 9.77. The number of rotatable bonds is 15. The van der Waals surface area contributed by atoms with Gasteiger partial charge in [0.05, 0.1) is 24.6 Å². The van der Waals surface area contributed by atoms with Crippen LogP contribution in [0.1, 0.15) is 0 Å². The number of aromatic nitrogens is 4. The van der Waals surface area contributed by atoms with Crippen LogP contribution in [0.3, 0.4) is 0 Å². The monoisotopic (exact) mass is 918 g/mol. The standard InChI is InChI=1S/C29H27N5O4.C19H16BrN5O/c1-2-28(35)33-25-18-21(8-13-26(25)34-14-16-36-17-15-34)32-27-19-29(31-20-30-27)38-24-11-9-23(10-12-24)37-22-6-4-3-5-7-22;1-2-19(26)25-16-8-4-7-15(10-16)24-18-11-17(21-12-22-18)23-14-6-3-5-13(20)9-14/h2-13,18-20H,1,14-17H2,(H,33,35)(H,30,31,32);2-12H,1H2,(H,25,26)(H2,21,22,23,24). The Kier molecular flexibility index (Phi) is 15.2. The summed E-state index contributed by atoms with van der Waals surface area (Å²) in [5, 5.41) is 15.3. The highest BCUT2D eigenvalue weighted by Crippen LogP contribution is 2.32. The van der Waals surface area contributed by atoms with Crippen LogP contribution in [0, 0.1) is 0 Å². The lowest BCUT2D eigenvalue weighted by Crippen LogP contribution is -2.36. The van der Waals surface area contributed by atoms with E-state index in [4.69, 9.17) is 14.2 Å². The van der Waals surface area contributed by atoms with Crippen molar-refractivity contribution in [2.45, 2.75) is 0 Å². The second-order valence-electron chi connectivity index (χ2n) is 13.7. The van der Waals surface area contributed by atoms with E-state index in [1.807, 2.05) is 115 Å². The van der Waals surface area contributed by atoms with E-state index >= 15 is 0 Å². The first kappa shape index (κ1) is 44.0. The van der Waals surface area contributed by atoms with Gasteiger partial charge in [0.2, 0.25) is 17.7 Å². The van der Waals surface area contributed by atoms with E-state index in [0.29, 0.717) is 59.4 Å². The highest BCUT2D eigenvalue weighted by Gasteiger charge is 2.17. The van der Waals surface area contributed by atoms with Gasteiger partial charge in [-0.3, -0.25) is 9.59 Å². The molecule has 0 atom stereocenters. The fourth-order valence-electron chi connectivity index (χ4n) is 6.13. The molecule has 5 aromatic carbocycles. The molecule has 0 radical (unpaired) electrons. The number of hydrogen-bond acceptors (Lipinski definition) is 13. The van der Waals surface area contributed by atoms with Crippen LogP contribution >= 0.6 is 15.9 Å². The van der Waals surface area contributed by atoms with Gasteiger partial charge in [-0.1, -0.05) is 59.4 Å². The van der Waals surface area contributed by atoms with Crippen LogP contribution < -0.4 is 41.0 Å². The molecule has 1 aliphatic heterocycles. The molecule has 322 valence electrons. The quantitative estimate of drug-likeness (QED) is 0.0615. The van der Waals surface area contributed by atoms with Crippen molar-refractivity contribution in [3.63, 3.8) is 0 Å². The van der Waals surface area contributed by atoms with Crippen molar-refractivity contribution in [3.05, 3.63) is 176 Å². The average molecular weight is 920 g/mol. The summed E-state index contributed by atoms with van der Waals surface area (Å²) >= 11 is 3.44. The first-order valence-electron chi connectivity index (χ1n) is 19.9. The van der Waals surface area contributed by atoms with Gasteiger partial charge in [-0.15, -0.1) is 0 Å². The molecule has 3 heterocycles. The van der Waals surface area contributed by atoms with Gasteiger partial charge in [-0.05, 0) is 103 Å². The van der Waals surface area contributed by atoms with Gasteiger partial charge < -0.3 is 45.7 Å². The molecule has 64 heavy (non-hydrogen) atoms. The minimum atomic E-state index is -0.283. The van der Waals surface area contributed by atoms with Gasteiger partial charge in [0.15, 0.2) is 0 Å². The summed E-state index contributed by atoms with van der Waals surface area (Å²) < 4.78 is 18.2. The van der Waals surface area contributed by atoms with Crippen molar-refractivity contribution in [1.29, 1.82) is 0 Å². The maximum atomic E-state index is 12.1. The summed E-state index contributed by atoms with van der Waals surface area (Å²) in [5.74, 6) is 3.75. The molecule has 1 aliphatic rings. The number of nitrogens with zero attached hydrogens (tertiary/aromatic N) is 5. The Balaban J connectivity index is 0.000000206. The Hall–Kier alpha value is -8.08. The number of halogens is 1. The van der Waals surface area contributed by atoms with Crippen LogP contribution in [0.15, 0.2) is 176 Å². The van der Waals surface area contributed by atoms with Crippen molar-refractivity contribution in [1.82, 2.24) is 19.9 Å². The number of hydrogen-bond donors (Lipinski definition) is 5. The van der Waals surface area contributed by atoms with Crippen LogP contribution in [0.5, 0.6) is 23.1 Å². The zero-order chi connectivity index (χ0) is 44.5. The number of carbonyl (C=O) groups excluding carboxylic acids is 2. The third kappa shape index (κ3) is 13.2. The Labute approximate surface area is 378 Å². The number of nitrogens with one attached hydrogen (secondary N) is 5. The molecule has 2 amide bonds. The fraction of sp³-hybridized carbons (Fsp3) is 0.0833. The zero-order valence-electron chi connectivity index (χ0n) is 34.4. The normalized spacial score (nSPS) is 11.7. The first-order chi connectivity index (χ1) is 31.3. The lowest BCUT2D eigenvalue weighted by Gasteiger charge is -2.30. The number of anilines is 9. The van der Waals surface area contributed by atoms with Gasteiger partial charge in [-0.25, -0.2) is 19.9 Å². The highest BCUT2D eigenvalue weighted by atomic mass is 79.9. The molecule has 8 rings (SSSR count). The van der Waals surface area contributed by atoms with Crippen LogP contribution in [-0.4, -0.2) is 58.1 Å². The molecule has 0 spiro atoms.